The number of aryl methyl sites for hydroxylation is 1. The molecule has 1 aromatic rings. The van der Waals surface area contributed by atoms with Gasteiger partial charge in [-0.15, -0.1) is 0 Å². The van der Waals surface area contributed by atoms with Gasteiger partial charge in [0.2, 0.25) is 0 Å². The lowest BCUT2D eigenvalue weighted by molar-refractivity contribution is 0.0696. The fourth-order valence-corrected chi connectivity index (χ4v) is 2.74. The molecule has 3 nitrogen and oxygen atoms in total. The molecule has 0 spiro atoms. The molecule has 0 radical (unpaired) electrons. The van der Waals surface area contributed by atoms with Crippen LogP contribution in [0.3, 0.4) is 0 Å². The Morgan fingerprint density at radius 2 is 1.95 bits per heavy atom. The lowest BCUT2D eigenvalue weighted by atomic mass is 10.1. The topological polar surface area (TPSA) is 35.5 Å². The van der Waals surface area contributed by atoms with E-state index in [9.17, 15) is 5.11 Å². The quantitative estimate of drug-likeness (QED) is 0.832. The highest BCUT2D eigenvalue weighted by atomic mass is 79.9. The number of aliphatic hydroxyl groups is 1. The number of nitrogens with one attached hydrogen (secondary N) is 1. The Bertz CT molecular complexity index is 453. The van der Waals surface area contributed by atoms with Crippen molar-refractivity contribution in [2.45, 2.75) is 38.8 Å². The van der Waals surface area contributed by atoms with Gasteiger partial charge in [0.1, 0.15) is 0 Å². The molecular formula is C15H23BrN2O. The van der Waals surface area contributed by atoms with E-state index in [0.717, 1.165) is 16.7 Å². The number of hydrogen-bond acceptors (Lipinski definition) is 3. The molecule has 1 heterocycles. The lowest BCUT2D eigenvalue weighted by Gasteiger charge is -2.32. The van der Waals surface area contributed by atoms with E-state index in [2.05, 4.69) is 65.1 Å². The normalized spacial score (nSPS) is 27.2. The predicted octanol–water partition coefficient (Wildman–Crippen LogP) is 2.70. The van der Waals surface area contributed by atoms with Gasteiger partial charge in [-0.25, -0.2) is 0 Å². The molecule has 0 saturated carbocycles. The highest BCUT2D eigenvalue weighted by Gasteiger charge is 2.34. The molecule has 19 heavy (non-hydrogen) atoms. The van der Waals surface area contributed by atoms with Gasteiger partial charge >= 0.3 is 0 Å². The Morgan fingerprint density at radius 3 is 2.58 bits per heavy atom. The van der Waals surface area contributed by atoms with Crippen LogP contribution < -0.4 is 10.2 Å². The zero-order valence-corrected chi connectivity index (χ0v) is 13.7. The van der Waals surface area contributed by atoms with Crippen molar-refractivity contribution in [3.63, 3.8) is 0 Å². The van der Waals surface area contributed by atoms with Gasteiger partial charge in [-0.05, 0) is 51.5 Å². The van der Waals surface area contributed by atoms with Crippen LogP contribution in [0.2, 0.25) is 0 Å². The Hall–Kier alpha value is -0.580. The van der Waals surface area contributed by atoms with Crippen LogP contribution in [0.1, 0.15) is 26.3 Å². The van der Waals surface area contributed by atoms with Gasteiger partial charge in [-0.3, -0.25) is 0 Å². The molecule has 2 rings (SSSR count). The first-order chi connectivity index (χ1) is 8.69. The van der Waals surface area contributed by atoms with Crippen LogP contribution >= 0.6 is 15.9 Å². The molecule has 1 aliphatic heterocycles. The number of β-amino-alcohol motifs (C(OH)–C–C–N with tert-alkyl or cyclic N) is 1. The van der Waals surface area contributed by atoms with E-state index in [1.807, 2.05) is 6.92 Å². The van der Waals surface area contributed by atoms with E-state index in [0.29, 0.717) is 13.1 Å². The van der Waals surface area contributed by atoms with Crippen LogP contribution in [0.5, 0.6) is 0 Å². The Morgan fingerprint density at radius 1 is 1.26 bits per heavy atom. The molecule has 1 aromatic carbocycles. The third kappa shape index (κ3) is 3.71. The Kier molecular flexibility index (Phi) is 3.96. The second-order valence-corrected chi connectivity index (χ2v) is 7.38. The van der Waals surface area contributed by atoms with E-state index in [1.54, 1.807) is 0 Å². The highest BCUT2D eigenvalue weighted by molar-refractivity contribution is 9.10. The van der Waals surface area contributed by atoms with Crippen molar-refractivity contribution in [3.05, 3.63) is 28.2 Å². The van der Waals surface area contributed by atoms with Crippen molar-refractivity contribution in [2.24, 2.45) is 0 Å². The number of nitrogens with zero attached hydrogens (tertiary/aromatic N) is 1. The van der Waals surface area contributed by atoms with E-state index < -0.39 is 5.60 Å². The highest BCUT2D eigenvalue weighted by Crippen LogP contribution is 2.27. The third-order valence-corrected chi connectivity index (χ3v) is 4.46. The minimum absolute atomic E-state index is 0.0124. The SMILES string of the molecule is Cc1cc(N2CC(C)(O)CNC(C)(C)C2)ccc1Br. The average Bonchev–Trinajstić information content (AvgIpc) is 2.39. The molecule has 0 amide bonds. The molecule has 1 atom stereocenters. The second kappa shape index (κ2) is 5.08. The van der Waals surface area contributed by atoms with Crippen LogP contribution in [0, 0.1) is 6.92 Å². The van der Waals surface area contributed by atoms with Gasteiger partial charge < -0.3 is 15.3 Å². The number of rotatable bonds is 1. The van der Waals surface area contributed by atoms with Gasteiger partial charge in [-0.1, -0.05) is 15.9 Å². The van der Waals surface area contributed by atoms with E-state index >= 15 is 0 Å². The van der Waals surface area contributed by atoms with Crippen molar-refractivity contribution < 1.29 is 5.11 Å². The van der Waals surface area contributed by atoms with Gasteiger partial charge in [0.05, 0.1) is 5.60 Å². The van der Waals surface area contributed by atoms with Crippen molar-refractivity contribution in [2.75, 3.05) is 24.5 Å². The lowest BCUT2D eigenvalue weighted by Crippen LogP contribution is -2.47. The zero-order valence-electron chi connectivity index (χ0n) is 12.1. The maximum Gasteiger partial charge on any atom is 0.0917 e. The van der Waals surface area contributed by atoms with Crippen LogP contribution in [0.4, 0.5) is 5.69 Å². The summed E-state index contributed by atoms with van der Waals surface area (Å²) in [5, 5.41) is 13.9. The summed E-state index contributed by atoms with van der Waals surface area (Å²) in [5.41, 5.74) is 1.65. The smallest absolute Gasteiger partial charge is 0.0917 e. The summed E-state index contributed by atoms with van der Waals surface area (Å²) < 4.78 is 1.12. The minimum Gasteiger partial charge on any atom is -0.387 e. The number of hydrogen-bond donors (Lipinski definition) is 2. The Labute approximate surface area is 124 Å². The number of halogens is 1. The Balaban J connectivity index is 2.32. The summed E-state index contributed by atoms with van der Waals surface area (Å²) in [7, 11) is 0. The first kappa shape index (κ1) is 14.8. The number of anilines is 1. The monoisotopic (exact) mass is 326 g/mol. The minimum atomic E-state index is -0.714. The summed E-state index contributed by atoms with van der Waals surface area (Å²) in [6.07, 6.45) is 0. The van der Waals surface area contributed by atoms with Gasteiger partial charge in [0.25, 0.3) is 0 Å². The first-order valence-electron chi connectivity index (χ1n) is 6.67. The van der Waals surface area contributed by atoms with Crippen molar-refractivity contribution >= 4 is 21.6 Å². The summed E-state index contributed by atoms with van der Waals surface area (Å²) >= 11 is 3.53. The molecule has 1 aliphatic rings. The maximum absolute atomic E-state index is 10.4. The third-order valence-electron chi connectivity index (χ3n) is 3.57. The maximum atomic E-state index is 10.4. The zero-order chi connectivity index (χ0) is 14.3. The molecule has 2 N–H and O–H groups in total. The molecule has 4 heteroatoms. The van der Waals surface area contributed by atoms with E-state index in [-0.39, 0.29) is 5.54 Å². The summed E-state index contributed by atoms with van der Waals surface area (Å²) in [5.74, 6) is 0. The van der Waals surface area contributed by atoms with Crippen molar-refractivity contribution in [1.82, 2.24) is 5.32 Å². The molecule has 106 valence electrons. The van der Waals surface area contributed by atoms with E-state index in [1.165, 1.54) is 5.56 Å². The van der Waals surface area contributed by atoms with Crippen LogP contribution in [0.25, 0.3) is 0 Å². The summed E-state index contributed by atoms with van der Waals surface area (Å²) in [4.78, 5) is 2.26. The van der Waals surface area contributed by atoms with Gasteiger partial charge in [-0.2, -0.15) is 0 Å². The fraction of sp³-hybridized carbons (Fsp3) is 0.600. The van der Waals surface area contributed by atoms with Crippen molar-refractivity contribution in [1.29, 1.82) is 0 Å². The standard InChI is InChI=1S/C15H23BrN2O/c1-11-7-12(5-6-13(11)16)18-9-14(2,3)17-8-15(4,19)10-18/h5-7,17,19H,8-10H2,1-4H3. The molecule has 1 unspecified atom stereocenters. The largest absolute Gasteiger partial charge is 0.387 e. The molecule has 1 fully saturated rings. The summed E-state index contributed by atoms with van der Waals surface area (Å²) in [6, 6.07) is 6.35. The fourth-order valence-electron chi connectivity index (χ4n) is 2.49. The second-order valence-electron chi connectivity index (χ2n) is 6.52. The van der Waals surface area contributed by atoms with Crippen LogP contribution in [-0.2, 0) is 0 Å². The average molecular weight is 327 g/mol. The molecular weight excluding hydrogens is 304 g/mol. The molecule has 0 aromatic heterocycles. The predicted molar refractivity (Wildman–Crippen MR) is 83.8 cm³/mol. The first-order valence-corrected chi connectivity index (χ1v) is 7.46. The molecule has 1 saturated heterocycles. The van der Waals surface area contributed by atoms with Crippen LogP contribution in [0.15, 0.2) is 22.7 Å². The summed E-state index contributed by atoms with van der Waals surface area (Å²) in [6.45, 7) is 10.5. The van der Waals surface area contributed by atoms with Gasteiger partial charge in [0, 0.05) is 35.3 Å². The van der Waals surface area contributed by atoms with Gasteiger partial charge in [0.15, 0.2) is 0 Å². The van der Waals surface area contributed by atoms with E-state index in [4.69, 9.17) is 0 Å². The number of benzene rings is 1. The molecule has 0 bridgehead atoms. The van der Waals surface area contributed by atoms with Crippen molar-refractivity contribution in [3.8, 4) is 0 Å². The van der Waals surface area contributed by atoms with Crippen LogP contribution in [-0.4, -0.2) is 35.9 Å². The molecule has 0 aliphatic carbocycles.